The van der Waals surface area contributed by atoms with Crippen molar-refractivity contribution in [2.45, 2.75) is 6.42 Å². The van der Waals surface area contributed by atoms with Crippen LogP contribution in [-0.2, 0) is 11.2 Å². The van der Waals surface area contributed by atoms with Gasteiger partial charge in [-0.25, -0.2) is 4.98 Å². The zero-order valence-electron chi connectivity index (χ0n) is 10.3. The summed E-state index contributed by atoms with van der Waals surface area (Å²) in [5.41, 5.74) is 0.883. The molecule has 0 radical (unpaired) electrons. The number of thiazole rings is 1. The van der Waals surface area contributed by atoms with Crippen LogP contribution >= 0.6 is 11.3 Å². The van der Waals surface area contributed by atoms with Crippen LogP contribution in [0.1, 0.15) is 5.56 Å². The molecule has 0 bridgehead atoms. The van der Waals surface area contributed by atoms with E-state index < -0.39 is 0 Å². The molecule has 5 heteroatoms. The van der Waals surface area contributed by atoms with E-state index in [1.54, 1.807) is 25.3 Å². The van der Waals surface area contributed by atoms with Gasteiger partial charge in [-0.15, -0.1) is 11.3 Å². The molecule has 0 aliphatic carbocycles. The molecule has 0 aliphatic rings. The molecule has 0 unspecified atom stereocenters. The van der Waals surface area contributed by atoms with Crippen LogP contribution in [0.4, 0.5) is 5.13 Å². The van der Waals surface area contributed by atoms with Crippen LogP contribution in [0, 0.1) is 0 Å². The van der Waals surface area contributed by atoms with Gasteiger partial charge in [-0.1, -0.05) is 18.2 Å². The predicted octanol–water partition coefficient (Wildman–Crippen LogP) is 2.36. The molecular weight excluding hydrogens is 248 g/mol. The van der Waals surface area contributed by atoms with E-state index in [4.69, 9.17) is 4.74 Å². The fourth-order valence-corrected chi connectivity index (χ4v) is 2.24. The zero-order chi connectivity index (χ0) is 13.0. The number of rotatable bonds is 4. The van der Waals surface area contributed by atoms with Crippen molar-refractivity contribution in [3.8, 4) is 5.75 Å². The van der Waals surface area contributed by atoms with E-state index in [1.807, 2.05) is 29.6 Å². The number of amides is 1. The number of likely N-dealkylation sites (N-methyl/N-ethyl adjacent to an activating group) is 1. The molecular formula is C13H14N2O2S. The van der Waals surface area contributed by atoms with E-state index in [9.17, 15) is 4.79 Å². The molecule has 0 fully saturated rings. The largest absolute Gasteiger partial charge is 0.496 e. The van der Waals surface area contributed by atoms with Gasteiger partial charge in [-0.3, -0.25) is 9.69 Å². The molecule has 0 atom stereocenters. The minimum atomic E-state index is -0.00514. The van der Waals surface area contributed by atoms with Gasteiger partial charge in [-0.05, 0) is 6.07 Å². The molecule has 1 heterocycles. The Bertz CT molecular complexity index is 526. The molecule has 0 saturated carbocycles. The summed E-state index contributed by atoms with van der Waals surface area (Å²) in [6.45, 7) is 0. The molecule has 0 N–H and O–H groups in total. The second-order valence-electron chi connectivity index (χ2n) is 3.76. The van der Waals surface area contributed by atoms with Crippen molar-refractivity contribution in [2.75, 3.05) is 19.1 Å². The van der Waals surface area contributed by atoms with Gasteiger partial charge in [0.2, 0.25) is 5.91 Å². The molecule has 4 nitrogen and oxygen atoms in total. The number of ether oxygens (including phenoxy) is 1. The van der Waals surface area contributed by atoms with Crippen LogP contribution in [0.2, 0.25) is 0 Å². The Morgan fingerprint density at radius 3 is 2.89 bits per heavy atom. The third kappa shape index (κ3) is 2.68. The number of aromatic nitrogens is 1. The van der Waals surface area contributed by atoms with E-state index >= 15 is 0 Å². The highest BCUT2D eigenvalue weighted by Gasteiger charge is 2.15. The van der Waals surface area contributed by atoms with E-state index in [0.717, 1.165) is 11.3 Å². The molecule has 0 saturated heterocycles. The topological polar surface area (TPSA) is 42.4 Å². The number of anilines is 1. The normalized spacial score (nSPS) is 10.1. The number of methoxy groups -OCH3 is 1. The first-order valence-corrected chi connectivity index (χ1v) is 6.38. The third-order valence-corrected chi connectivity index (χ3v) is 3.46. The van der Waals surface area contributed by atoms with Crippen molar-refractivity contribution in [1.29, 1.82) is 0 Å². The van der Waals surface area contributed by atoms with E-state index in [2.05, 4.69) is 4.98 Å². The fourth-order valence-electron chi connectivity index (χ4n) is 1.62. The molecule has 2 aromatic rings. The standard InChI is InChI=1S/C13H14N2O2S/c1-15(13-14-7-8-18-13)12(16)9-10-5-3-4-6-11(10)17-2/h3-8H,9H2,1-2H3. The lowest BCUT2D eigenvalue weighted by atomic mass is 10.1. The Morgan fingerprint density at radius 1 is 1.44 bits per heavy atom. The Balaban J connectivity index is 2.12. The van der Waals surface area contributed by atoms with Gasteiger partial charge in [0.25, 0.3) is 0 Å². The summed E-state index contributed by atoms with van der Waals surface area (Å²) in [6, 6.07) is 7.53. The van der Waals surface area contributed by atoms with E-state index in [0.29, 0.717) is 11.6 Å². The lowest BCUT2D eigenvalue weighted by Gasteiger charge is -2.14. The number of hydrogen-bond donors (Lipinski definition) is 0. The van der Waals surface area contributed by atoms with Gasteiger partial charge in [0.1, 0.15) is 5.75 Å². The van der Waals surface area contributed by atoms with Crippen LogP contribution in [0.5, 0.6) is 5.75 Å². The lowest BCUT2D eigenvalue weighted by Crippen LogP contribution is -2.27. The van der Waals surface area contributed by atoms with E-state index in [1.165, 1.54) is 11.3 Å². The van der Waals surface area contributed by atoms with Gasteiger partial charge in [0.05, 0.1) is 13.5 Å². The summed E-state index contributed by atoms with van der Waals surface area (Å²) >= 11 is 1.44. The average molecular weight is 262 g/mol. The number of carbonyl (C=O) groups excluding carboxylic acids is 1. The van der Waals surface area contributed by atoms with Gasteiger partial charge >= 0.3 is 0 Å². The van der Waals surface area contributed by atoms with Crippen LogP contribution in [-0.4, -0.2) is 25.0 Å². The quantitative estimate of drug-likeness (QED) is 0.849. The Morgan fingerprint density at radius 2 is 2.22 bits per heavy atom. The van der Waals surface area contributed by atoms with Gasteiger partial charge in [-0.2, -0.15) is 0 Å². The van der Waals surface area contributed by atoms with Gasteiger partial charge in [0.15, 0.2) is 5.13 Å². The first kappa shape index (κ1) is 12.6. The first-order valence-electron chi connectivity index (χ1n) is 5.50. The number of benzene rings is 1. The number of carbonyl (C=O) groups is 1. The number of hydrogen-bond acceptors (Lipinski definition) is 4. The molecule has 94 valence electrons. The summed E-state index contributed by atoms with van der Waals surface area (Å²) in [4.78, 5) is 17.8. The maximum absolute atomic E-state index is 12.1. The average Bonchev–Trinajstić information content (AvgIpc) is 2.92. The van der Waals surface area contributed by atoms with Crippen molar-refractivity contribution < 1.29 is 9.53 Å². The Hall–Kier alpha value is -1.88. The van der Waals surface area contributed by atoms with Crippen LogP contribution < -0.4 is 9.64 Å². The summed E-state index contributed by atoms with van der Waals surface area (Å²) < 4.78 is 5.23. The first-order chi connectivity index (χ1) is 8.72. The summed E-state index contributed by atoms with van der Waals surface area (Å²) in [5.74, 6) is 0.729. The van der Waals surface area contributed by atoms with Gasteiger partial charge < -0.3 is 4.74 Å². The summed E-state index contributed by atoms with van der Waals surface area (Å²) in [5, 5.41) is 2.55. The molecule has 18 heavy (non-hydrogen) atoms. The van der Waals surface area contributed by atoms with Crippen molar-refractivity contribution in [3.63, 3.8) is 0 Å². The number of para-hydroxylation sites is 1. The maximum atomic E-state index is 12.1. The van der Waals surface area contributed by atoms with Crippen LogP contribution in [0.25, 0.3) is 0 Å². The molecule has 0 aliphatic heterocycles. The maximum Gasteiger partial charge on any atom is 0.233 e. The minimum Gasteiger partial charge on any atom is -0.496 e. The highest BCUT2D eigenvalue weighted by Crippen LogP contribution is 2.21. The molecule has 2 rings (SSSR count). The second kappa shape index (κ2) is 5.64. The number of nitrogens with zero attached hydrogens (tertiary/aromatic N) is 2. The van der Waals surface area contributed by atoms with Crippen LogP contribution in [0.15, 0.2) is 35.8 Å². The molecule has 1 aromatic carbocycles. The second-order valence-corrected chi connectivity index (χ2v) is 4.63. The van der Waals surface area contributed by atoms with E-state index in [-0.39, 0.29) is 5.91 Å². The summed E-state index contributed by atoms with van der Waals surface area (Å²) in [6.07, 6.45) is 1.99. The van der Waals surface area contributed by atoms with Crippen molar-refractivity contribution in [2.24, 2.45) is 0 Å². The molecule has 0 spiro atoms. The smallest absolute Gasteiger partial charge is 0.233 e. The SMILES string of the molecule is COc1ccccc1CC(=O)N(C)c1nccs1. The summed E-state index contributed by atoms with van der Waals surface area (Å²) in [7, 11) is 3.34. The van der Waals surface area contributed by atoms with Crippen molar-refractivity contribution in [3.05, 3.63) is 41.4 Å². The molecule has 1 amide bonds. The van der Waals surface area contributed by atoms with Crippen molar-refractivity contribution >= 4 is 22.4 Å². The van der Waals surface area contributed by atoms with Crippen LogP contribution in [0.3, 0.4) is 0 Å². The minimum absolute atomic E-state index is 0.00514. The predicted molar refractivity (Wildman–Crippen MR) is 72.2 cm³/mol. The highest BCUT2D eigenvalue weighted by atomic mass is 32.1. The van der Waals surface area contributed by atoms with Crippen molar-refractivity contribution in [1.82, 2.24) is 4.98 Å². The monoisotopic (exact) mass is 262 g/mol. The lowest BCUT2D eigenvalue weighted by molar-refractivity contribution is -0.117. The molecule has 1 aromatic heterocycles. The van der Waals surface area contributed by atoms with Gasteiger partial charge in [0, 0.05) is 24.2 Å². The fraction of sp³-hybridized carbons (Fsp3) is 0.231. The highest BCUT2D eigenvalue weighted by molar-refractivity contribution is 7.13. The zero-order valence-corrected chi connectivity index (χ0v) is 11.1. The third-order valence-electron chi connectivity index (χ3n) is 2.61. The Labute approximate surface area is 110 Å². The Kier molecular flexibility index (Phi) is 3.94.